The van der Waals surface area contributed by atoms with Crippen molar-refractivity contribution >= 4 is 50.3 Å². The van der Waals surface area contributed by atoms with Crippen LogP contribution in [0, 0.1) is 0 Å². The number of benzene rings is 2. The van der Waals surface area contributed by atoms with E-state index in [0.717, 1.165) is 16.7 Å². The van der Waals surface area contributed by atoms with Crippen LogP contribution in [0.2, 0.25) is 5.02 Å². The number of nitrogens with zero attached hydrogens (tertiary/aromatic N) is 2. The zero-order valence-corrected chi connectivity index (χ0v) is 18.3. The number of sulfonamides is 1. The maximum atomic E-state index is 13.2. The Morgan fingerprint density at radius 2 is 1.93 bits per heavy atom. The van der Waals surface area contributed by atoms with E-state index in [1.54, 1.807) is 53.8 Å². The summed E-state index contributed by atoms with van der Waals surface area (Å²) in [6.45, 7) is 0. The average Bonchev–Trinajstić information content (AvgIpc) is 3.37. The van der Waals surface area contributed by atoms with Crippen molar-refractivity contribution in [1.29, 1.82) is 0 Å². The van der Waals surface area contributed by atoms with Crippen LogP contribution in [0.5, 0.6) is 0 Å². The van der Waals surface area contributed by atoms with E-state index in [0.29, 0.717) is 28.4 Å². The van der Waals surface area contributed by atoms with Crippen molar-refractivity contribution in [2.75, 3.05) is 11.0 Å². The summed E-state index contributed by atoms with van der Waals surface area (Å²) in [7, 11) is -3.39. The number of hydrogen-bond acceptors (Lipinski definition) is 5. The van der Waals surface area contributed by atoms with Crippen LogP contribution in [0.3, 0.4) is 0 Å². The first-order chi connectivity index (χ1) is 14.3. The Bertz CT molecular complexity index is 1210. The fraction of sp³-hybridized carbons (Fsp3) is 0.143. The molecule has 0 aliphatic carbocycles. The van der Waals surface area contributed by atoms with Crippen molar-refractivity contribution in [3.63, 3.8) is 0 Å². The largest absolute Gasteiger partial charge is 0.284 e. The van der Waals surface area contributed by atoms with Gasteiger partial charge in [-0.1, -0.05) is 29.8 Å². The number of thiophene rings is 1. The maximum Gasteiger partial charge on any atom is 0.274 e. The summed E-state index contributed by atoms with van der Waals surface area (Å²) in [5, 5.41) is 8.65. The van der Waals surface area contributed by atoms with Gasteiger partial charge >= 0.3 is 0 Å². The number of carbonyl (C=O) groups excluding carboxylic acids is 1. The molecule has 0 unspecified atom stereocenters. The molecule has 1 amide bonds. The van der Waals surface area contributed by atoms with Gasteiger partial charge in [-0.15, -0.1) is 11.3 Å². The SMILES string of the molecule is CS(=O)(=O)Nc1cccc(C2=NN(C(=O)c3ccc(Cl)cc3)[C@H](c3cccs3)C2)c1. The van der Waals surface area contributed by atoms with E-state index < -0.39 is 10.0 Å². The van der Waals surface area contributed by atoms with Crippen LogP contribution in [-0.4, -0.2) is 31.3 Å². The number of amides is 1. The van der Waals surface area contributed by atoms with Crippen molar-refractivity contribution in [2.24, 2.45) is 5.10 Å². The van der Waals surface area contributed by atoms with Gasteiger partial charge in [-0.25, -0.2) is 13.4 Å². The summed E-state index contributed by atoms with van der Waals surface area (Å²) in [5.74, 6) is -0.217. The summed E-state index contributed by atoms with van der Waals surface area (Å²) in [6, 6.07) is 17.4. The van der Waals surface area contributed by atoms with Crippen LogP contribution in [0.25, 0.3) is 0 Å². The highest BCUT2D eigenvalue weighted by Crippen LogP contribution is 2.36. The molecule has 0 saturated heterocycles. The Kier molecular flexibility index (Phi) is 5.64. The minimum absolute atomic E-state index is 0.217. The predicted molar refractivity (Wildman–Crippen MR) is 121 cm³/mol. The van der Waals surface area contributed by atoms with Crippen molar-refractivity contribution in [2.45, 2.75) is 12.5 Å². The van der Waals surface area contributed by atoms with Crippen LogP contribution < -0.4 is 4.72 Å². The second-order valence-corrected chi connectivity index (χ2v) is 10.1. The highest BCUT2D eigenvalue weighted by atomic mass is 35.5. The lowest BCUT2D eigenvalue weighted by atomic mass is 10.0. The normalized spacial score (nSPS) is 16.4. The maximum absolute atomic E-state index is 13.2. The first-order valence-electron chi connectivity index (χ1n) is 9.08. The number of hydrogen-bond donors (Lipinski definition) is 1. The molecular weight excluding hydrogens is 442 g/mol. The lowest BCUT2D eigenvalue weighted by Gasteiger charge is -2.20. The van der Waals surface area contributed by atoms with Crippen LogP contribution in [0.4, 0.5) is 5.69 Å². The van der Waals surface area contributed by atoms with Crippen LogP contribution in [-0.2, 0) is 10.0 Å². The summed E-state index contributed by atoms with van der Waals surface area (Å²) < 4.78 is 25.6. The van der Waals surface area contributed by atoms with E-state index in [1.807, 2.05) is 23.6 Å². The molecule has 0 spiro atoms. The zero-order chi connectivity index (χ0) is 21.3. The molecule has 1 N–H and O–H groups in total. The Morgan fingerprint density at radius 1 is 1.17 bits per heavy atom. The van der Waals surface area contributed by atoms with Gasteiger partial charge < -0.3 is 0 Å². The topological polar surface area (TPSA) is 78.8 Å². The monoisotopic (exact) mass is 459 g/mol. The first-order valence-corrected chi connectivity index (χ1v) is 12.2. The van der Waals surface area contributed by atoms with Crippen molar-refractivity contribution in [1.82, 2.24) is 5.01 Å². The number of carbonyl (C=O) groups is 1. The molecule has 1 aliphatic heterocycles. The van der Waals surface area contributed by atoms with E-state index in [9.17, 15) is 13.2 Å². The molecule has 6 nitrogen and oxygen atoms in total. The lowest BCUT2D eigenvalue weighted by molar-refractivity contribution is 0.0714. The van der Waals surface area contributed by atoms with Gasteiger partial charge in [-0.05, 0) is 53.4 Å². The van der Waals surface area contributed by atoms with Gasteiger partial charge in [-0.3, -0.25) is 9.52 Å². The van der Waals surface area contributed by atoms with Crippen LogP contribution in [0.1, 0.15) is 33.3 Å². The van der Waals surface area contributed by atoms with Crippen LogP contribution >= 0.6 is 22.9 Å². The summed E-state index contributed by atoms with van der Waals surface area (Å²) in [4.78, 5) is 14.2. The third-order valence-corrected chi connectivity index (χ3v) is 6.41. The zero-order valence-electron chi connectivity index (χ0n) is 15.9. The molecule has 0 fully saturated rings. The molecule has 4 rings (SSSR count). The number of halogens is 1. The average molecular weight is 460 g/mol. The molecule has 2 aromatic carbocycles. The van der Waals surface area contributed by atoms with Gasteiger partial charge in [0.1, 0.15) is 0 Å². The third-order valence-electron chi connectivity index (χ3n) is 4.58. The first kappa shape index (κ1) is 20.6. The molecule has 30 heavy (non-hydrogen) atoms. The van der Waals surface area contributed by atoms with E-state index in [1.165, 1.54) is 5.01 Å². The van der Waals surface area contributed by atoms with E-state index in [-0.39, 0.29) is 11.9 Å². The smallest absolute Gasteiger partial charge is 0.274 e. The van der Waals surface area contributed by atoms with Crippen LogP contribution in [0.15, 0.2) is 71.1 Å². The van der Waals surface area contributed by atoms with Crippen molar-refractivity contribution in [3.8, 4) is 0 Å². The molecule has 2 heterocycles. The molecule has 9 heteroatoms. The van der Waals surface area contributed by atoms with Crippen molar-refractivity contribution in [3.05, 3.63) is 87.1 Å². The molecular formula is C21H18ClN3O3S2. The van der Waals surface area contributed by atoms with E-state index in [2.05, 4.69) is 9.82 Å². The molecule has 0 saturated carbocycles. The molecule has 0 radical (unpaired) electrons. The molecule has 154 valence electrons. The Morgan fingerprint density at radius 3 is 2.60 bits per heavy atom. The number of nitrogens with one attached hydrogen (secondary N) is 1. The fourth-order valence-electron chi connectivity index (χ4n) is 3.28. The highest BCUT2D eigenvalue weighted by molar-refractivity contribution is 7.92. The van der Waals surface area contributed by atoms with Gasteiger partial charge in [0.15, 0.2) is 0 Å². The fourth-order valence-corrected chi connectivity index (χ4v) is 4.77. The highest BCUT2D eigenvalue weighted by Gasteiger charge is 2.34. The molecule has 1 aliphatic rings. The van der Waals surface area contributed by atoms with Gasteiger partial charge in [0.05, 0.1) is 18.0 Å². The predicted octanol–water partition coefficient (Wildman–Crippen LogP) is 4.76. The third kappa shape index (κ3) is 4.56. The molecule has 0 bridgehead atoms. The van der Waals surface area contributed by atoms with Gasteiger partial charge in [0.25, 0.3) is 5.91 Å². The van der Waals surface area contributed by atoms with Gasteiger partial charge in [0.2, 0.25) is 10.0 Å². The molecule has 3 aromatic rings. The van der Waals surface area contributed by atoms with Gasteiger partial charge in [0, 0.05) is 27.6 Å². The Balaban J connectivity index is 1.69. The molecule has 1 aromatic heterocycles. The Labute approximate surface area is 183 Å². The summed E-state index contributed by atoms with van der Waals surface area (Å²) in [6.07, 6.45) is 1.63. The second-order valence-electron chi connectivity index (χ2n) is 6.89. The lowest BCUT2D eigenvalue weighted by Crippen LogP contribution is -2.26. The van der Waals surface area contributed by atoms with Crippen molar-refractivity contribution < 1.29 is 13.2 Å². The number of anilines is 1. The molecule has 1 atom stereocenters. The van der Waals surface area contributed by atoms with Gasteiger partial charge in [-0.2, -0.15) is 5.10 Å². The van der Waals surface area contributed by atoms with E-state index in [4.69, 9.17) is 11.6 Å². The summed E-state index contributed by atoms with van der Waals surface area (Å²) in [5.41, 5.74) is 2.43. The minimum atomic E-state index is -3.39. The number of hydrazone groups is 1. The van der Waals surface area contributed by atoms with E-state index >= 15 is 0 Å². The minimum Gasteiger partial charge on any atom is -0.284 e. The second kappa shape index (κ2) is 8.22. The summed E-state index contributed by atoms with van der Waals surface area (Å²) >= 11 is 7.52. The Hall–Kier alpha value is -2.68. The number of rotatable bonds is 5. The standard InChI is InChI=1S/C21H18ClN3O3S2/c1-30(27,28)24-17-5-2-4-15(12-17)18-13-19(20-6-3-11-29-20)25(23-18)21(26)14-7-9-16(22)10-8-14/h2-12,19,24H,13H2,1H3/t19-/m0/s1. The quantitative estimate of drug-likeness (QED) is 0.597.